The van der Waals surface area contributed by atoms with Crippen molar-refractivity contribution in [2.45, 2.75) is 18.2 Å². The Morgan fingerprint density at radius 2 is 1.88 bits per heavy atom. The molecule has 0 aliphatic heterocycles. The Morgan fingerprint density at radius 1 is 1.29 bits per heavy atom. The molecule has 0 heterocycles. The Hall–Kier alpha value is -1.01. The molecule has 3 nitrogen and oxygen atoms in total. The third-order valence-electron chi connectivity index (χ3n) is 2.75. The molecule has 1 rings (SSSR count). The van der Waals surface area contributed by atoms with Gasteiger partial charge in [0.25, 0.3) is 0 Å². The first-order chi connectivity index (χ1) is 7.77. The predicted molar refractivity (Wildman–Crippen MR) is 62.5 cm³/mol. The molecule has 0 aliphatic rings. The van der Waals surface area contributed by atoms with E-state index in [0.717, 1.165) is 24.5 Å². The van der Waals surface area contributed by atoms with Gasteiger partial charge >= 0.3 is 0 Å². The molecule has 0 bridgehead atoms. The van der Waals surface area contributed by atoms with Gasteiger partial charge in [0.15, 0.2) is 9.84 Å². The van der Waals surface area contributed by atoms with Gasteiger partial charge in [-0.1, -0.05) is 0 Å². The first kappa shape index (κ1) is 14.1. The van der Waals surface area contributed by atoms with Crippen LogP contribution in [0.5, 0.6) is 0 Å². The molecule has 2 atom stereocenters. The van der Waals surface area contributed by atoms with Crippen molar-refractivity contribution in [3.05, 3.63) is 35.4 Å². The quantitative estimate of drug-likeness (QED) is 0.898. The molecular weight excluding hydrogens is 248 g/mol. The lowest BCUT2D eigenvalue weighted by molar-refractivity contribution is 0.501. The van der Waals surface area contributed by atoms with Gasteiger partial charge in [0.2, 0.25) is 0 Å². The molecule has 17 heavy (non-hydrogen) atoms. The molecule has 0 aromatic heterocycles. The van der Waals surface area contributed by atoms with E-state index in [9.17, 15) is 17.2 Å². The number of hydrogen-bond donors (Lipinski definition) is 1. The van der Waals surface area contributed by atoms with Gasteiger partial charge in [0, 0.05) is 11.8 Å². The molecule has 0 spiro atoms. The summed E-state index contributed by atoms with van der Waals surface area (Å²) in [6.07, 6.45) is 1.07. The zero-order chi connectivity index (χ0) is 13.2. The van der Waals surface area contributed by atoms with E-state index < -0.39 is 32.8 Å². The minimum Gasteiger partial charge on any atom is -0.312 e. The summed E-state index contributed by atoms with van der Waals surface area (Å²) in [7, 11) is -1.83. The summed E-state index contributed by atoms with van der Waals surface area (Å²) in [5.74, 6) is -1.22. The van der Waals surface area contributed by atoms with Crippen LogP contribution in [0.3, 0.4) is 0 Å². The highest BCUT2D eigenvalue weighted by Crippen LogP contribution is 2.24. The fourth-order valence-electron chi connectivity index (χ4n) is 1.64. The largest absolute Gasteiger partial charge is 0.312 e. The molecule has 0 amide bonds. The van der Waals surface area contributed by atoms with E-state index >= 15 is 0 Å². The smallest absolute Gasteiger partial charge is 0.151 e. The lowest BCUT2D eigenvalue weighted by Gasteiger charge is -2.23. The first-order valence-electron chi connectivity index (χ1n) is 5.08. The van der Waals surface area contributed by atoms with Crippen molar-refractivity contribution in [2.75, 3.05) is 13.3 Å². The molecule has 1 N–H and O–H groups in total. The van der Waals surface area contributed by atoms with E-state index in [4.69, 9.17) is 0 Å². The van der Waals surface area contributed by atoms with E-state index in [1.807, 2.05) is 0 Å². The Labute approximate surface area is 99.8 Å². The predicted octanol–water partition coefficient (Wildman–Crippen LogP) is 1.66. The van der Waals surface area contributed by atoms with Crippen molar-refractivity contribution in [3.8, 4) is 0 Å². The van der Waals surface area contributed by atoms with Gasteiger partial charge in [-0.05, 0) is 32.2 Å². The lowest BCUT2D eigenvalue weighted by atomic mass is 10.0. The normalized spacial score (nSPS) is 15.6. The van der Waals surface area contributed by atoms with Crippen molar-refractivity contribution in [2.24, 2.45) is 0 Å². The van der Waals surface area contributed by atoms with Crippen LogP contribution >= 0.6 is 0 Å². The van der Waals surface area contributed by atoms with Gasteiger partial charge in [0.05, 0.1) is 11.3 Å². The van der Waals surface area contributed by atoms with Gasteiger partial charge in [-0.3, -0.25) is 0 Å². The van der Waals surface area contributed by atoms with Crippen molar-refractivity contribution >= 4 is 9.84 Å². The number of hydrogen-bond acceptors (Lipinski definition) is 3. The second-order valence-corrected chi connectivity index (χ2v) is 6.37. The second kappa shape index (κ2) is 5.10. The summed E-state index contributed by atoms with van der Waals surface area (Å²) in [5.41, 5.74) is 0.0189. The van der Waals surface area contributed by atoms with Crippen LogP contribution in [0.1, 0.15) is 18.5 Å². The number of nitrogens with one attached hydrogen (secondary N) is 1. The van der Waals surface area contributed by atoms with Crippen molar-refractivity contribution in [1.29, 1.82) is 0 Å². The molecule has 0 fully saturated rings. The van der Waals surface area contributed by atoms with Gasteiger partial charge < -0.3 is 5.32 Å². The Bertz CT molecular complexity index is 502. The maximum atomic E-state index is 13.6. The van der Waals surface area contributed by atoms with Crippen LogP contribution in [0, 0.1) is 11.6 Å². The highest BCUT2D eigenvalue weighted by atomic mass is 32.2. The number of halogens is 2. The Morgan fingerprint density at radius 3 is 2.35 bits per heavy atom. The lowest BCUT2D eigenvalue weighted by Crippen LogP contribution is -2.33. The Kier molecular flexibility index (Phi) is 4.21. The van der Waals surface area contributed by atoms with Gasteiger partial charge in [-0.15, -0.1) is 0 Å². The van der Waals surface area contributed by atoms with Crippen LogP contribution in [0.15, 0.2) is 18.2 Å². The molecule has 6 heteroatoms. The van der Waals surface area contributed by atoms with Crippen molar-refractivity contribution in [3.63, 3.8) is 0 Å². The maximum Gasteiger partial charge on any atom is 0.151 e. The molecule has 0 saturated heterocycles. The molecule has 0 aliphatic carbocycles. The van der Waals surface area contributed by atoms with Crippen LogP contribution in [-0.2, 0) is 9.84 Å². The van der Waals surface area contributed by atoms with Crippen LogP contribution in [0.2, 0.25) is 0 Å². The van der Waals surface area contributed by atoms with Gasteiger partial charge in [-0.2, -0.15) is 0 Å². The molecule has 0 saturated carbocycles. The highest BCUT2D eigenvalue weighted by Gasteiger charge is 2.28. The summed E-state index contributed by atoms with van der Waals surface area (Å²) in [4.78, 5) is 0. The zero-order valence-corrected chi connectivity index (χ0v) is 10.7. The fraction of sp³-hybridized carbons (Fsp3) is 0.455. The van der Waals surface area contributed by atoms with E-state index in [0.29, 0.717) is 0 Å². The molecule has 0 radical (unpaired) electrons. The van der Waals surface area contributed by atoms with Crippen LogP contribution < -0.4 is 5.32 Å². The summed E-state index contributed by atoms with van der Waals surface area (Å²) in [6, 6.07) is 2.22. The maximum absolute atomic E-state index is 13.6. The average Bonchev–Trinajstić information content (AvgIpc) is 2.22. The molecule has 96 valence electrons. The number of benzene rings is 1. The summed E-state index contributed by atoms with van der Waals surface area (Å²) >= 11 is 0. The van der Waals surface area contributed by atoms with E-state index in [-0.39, 0.29) is 5.56 Å². The topological polar surface area (TPSA) is 46.2 Å². The SMILES string of the molecule is CNC(c1cc(F)ccc1F)C(C)S(C)(=O)=O. The second-order valence-electron chi connectivity index (χ2n) is 3.97. The van der Waals surface area contributed by atoms with E-state index in [1.165, 1.54) is 14.0 Å². The van der Waals surface area contributed by atoms with Crippen LogP contribution in [0.25, 0.3) is 0 Å². The number of sulfone groups is 1. The van der Waals surface area contributed by atoms with Crippen molar-refractivity contribution < 1.29 is 17.2 Å². The van der Waals surface area contributed by atoms with Gasteiger partial charge in [0.1, 0.15) is 11.6 Å². The molecule has 2 unspecified atom stereocenters. The molecule has 1 aromatic rings. The minimum atomic E-state index is -3.34. The molecular formula is C11H15F2NO2S. The van der Waals surface area contributed by atoms with Crippen LogP contribution in [-0.4, -0.2) is 27.0 Å². The first-order valence-corrected chi connectivity index (χ1v) is 7.04. The zero-order valence-electron chi connectivity index (χ0n) is 9.87. The average molecular weight is 263 g/mol. The standard InChI is InChI=1S/C11H15F2NO2S/c1-7(17(3,15)16)11(14-2)9-6-8(12)4-5-10(9)13/h4-7,11,14H,1-3H3. The third-order valence-corrected chi connectivity index (χ3v) is 4.37. The highest BCUT2D eigenvalue weighted by molar-refractivity contribution is 7.91. The van der Waals surface area contributed by atoms with E-state index in [2.05, 4.69) is 5.32 Å². The third kappa shape index (κ3) is 3.23. The number of rotatable bonds is 4. The van der Waals surface area contributed by atoms with Gasteiger partial charge in [-0.25, -0.2) is 17.2 Å². The fourth-order valence-corrected chi connectivity index (χ4v) is 2.42. The Balaban J connectivity index is 3.23. The summed E-state index contributed by atoms with van der Waals surface area (Å²) in [5, 5.41) is 1.86. The minimum absolute atomic E-state index is 0.0189. The summed E-state index contributed by atoms with van der Waals surface area (Å²) in [6.45, 7) is 1.46. The van der Waals surface area contributed by atoms with Crippen LogP contribution in [0.4, 0.5) is 8.78 Å². The monoisotopic (exact) mass is 263 g/mol. The van der Waals surface area contributed by atoms with Crippen molar-refractivity contribution in [1.82, 2.24) is 5.32 Å². The molecule has 1 aromatic carbocycles. The van der Waals surface area contributed by atoms with E-state index in [1.54, 1.807) is 0 Å². The summed E-state index contributed by atoms with van der Waals surface area (Å²) < 4.78 is 49.5.